The molecule has 1 aliphatic carbocycles. The Hall–Kier alpha value is -0.810. The molecule has 0 spiro atoms. The standard InChI is InChI=1S/C15H17BrF2O2/c1-9-5-7-15(20-2,8-6-9)14(19)12-11(17)4-3-10(16)13(12)18/h3-4,9H,5-8H2,1-2H3. The maximum atomic E-state index is 14.1. The monoisotopic (exact) mass is 346 g/mol. The zero-order valence-electron chi connectivity index (χ0n) is 11.5. The highest BCUT2D eigenvalue weighted by atomic mass is 79.9. The van der Waals surface area contributed by atoms with Gasteiger partial charge in [-0.25, -0.2) is 8.78 Å². The maximum absolute atomic E-state index is 14.1. The Labute approximate surface area is 125 Å². The van der Waals surface area contributed by atoms with Crippen LogP contribution in [0, 0.1) is 17.6 Å². The van der Waals surface area contributed by atoms with Gasteiger partial charge in [0, 0.05) is 7.11 Å². The molecule has 20 heavy (non-hydrogen) atoms. The predicted molar refractivity (Wildman–Crippen MR) is 75.8 cm³/mol. The minimum atomic E-state index is -1.10. The van der Waals surface area contributed by atoms with E-state index in [4.69, 9.17) is 4.74 Å². The van der Waals surface area contributed by atoms with Gasteiger partial charge in [0.15, 0.2) is 5.82 Å². The van der Waals surface area contributed by atoms with Gasteiger partial charge in [-0.2, -0.15) is 0 Å². The topological polar surface area (TPSA) is 26.3 Å². The molecular formula is C15H17BrF2O2. The van der Waals surface area contributed by atoms with Gasteiger partial charge < -0.3 is 4.74 Å². The third-order valence-electron chi connectivity index (χ3n) is 4.16. The van der Waals surface area contributed by atoms with Gasteiger partial charge in [-0.15, -0.1) is 0 Å². The van der Waals surface area contributed by atoms with Crippen LogP contribution in [0.2, 0.25) is 0 Å². The first-order valence-corrected chi connectivity index (χ1v) is 7.44. The number of hydrogen-bond donors (Lipinski definition) is 0. The van der Waals surface area contributed by atoms with Crippen LogP contribution in [-0.4, -0.2) is 18.5 Å². The molecule has 0 radical (unpaired) electrons. The largest absolute Gasteiger partial charge is 0.370 e. The van der Waals surface area contributed by atoms with Gasteiger partial charge >= 0.3 is 0 Å². The summed E-state index contributed by atoms with van der Waals surface area (Å²) in [5, 5.41) is 0. The first kappa shape index (κ1) is 15.6. The van der Waals surface area contributed by atoms with Crippen LogP contribution in [0.3, 0.4) is 0 Å². The van der Waals surface area contributed by atoms with Crippen LogP contribution in [0.25, 0.3) is 0 Å². The highest BCUT2D eigenvalue weighted by Gasteiger charge is 2.43. The lowest BCUT2D eigenvalue weighted by Gasteiger charge is -2.37. The van der Waals surface area contributed by atoms with E-state index in [1.54, 1.807) is 0 Å². The molecule has 1 saturated carbocycles. The number of carbonyl (C=O) groups excluding carboxylic acids is 1. The zero-order valence-corrected chi connectivity index (χ0v) is 13.1. The van der Waals surface area contributed by atoms with E-state index in [0.717, 1.165) is 18.9 Å². The van der Waals surface area contributed by atoms with Crippen molar-refractivity contribution in [2.75, 3.05) is 7.11 Å². The van der Waals surface area contributed by atoms with Crippen molar-refractivity contribution in [1.29, 1.82) is 0 Å². The zero-order chi connectivity index (χ0) is 14.9. The molecule has 0 saturated heterocycles. The second-order valence-electron chi connectivity index (χ2n) is 5.43. The maximum Gasteiger partial charge on any atom is 0.200 e. The third kappa shape index (κ3) is 2.66. The molecule has 0 atom stereocenters. The first-order chi connectivity index (χ1) is 9.41. The summed E-state index contributed by atoms with van der Waals surface area (Å²) in [6.45, 7) is 2.10. The van der Waals surface area contributed by atoms with E-state index < -0.39 is 28.6 Å². The number of methoxy groups -OCH3 is 1. The molecule has 110 valence electrons. The van der Waals surface area contributed by atoms with Crippen LogP contribution in [0.4, 0.5) is 8.78 Å². The van der Waals surface area contributed by atoms with Crippen LogP contribution in [0.5, 0.6) is 0 Å². The van der Waals surface area contributed by atoms with Crippen LogP contribution in [0.1, 0.15) is 43.0 Å². The minimum Gasteiger partial charge on any atom is -0.370 e. The summed E-state index contributed by atoms with van der Waals surface area (Å²) in [6, 6.07) is 2.35. The number of ketones is 1. The molecule has 1 fully saturated rings. The molecule has 0 bridgehead atoms. The molecule has 0 unspecified atom stereocenters. The number of hydrogen-bond acceptors (Lipinski definition) is 2. The number of Topliss-reactive ketones (excluding diaryl/α,β-unsaturated/α-hetero) is 1. The van der Waals surface area contributed by atoms with Crippen LogP contribution in [-0.2, 0) is 4.74 Å². The average Bonchev–Trinajstić information content (AvgIpc) is 2.44. The van der Waals surface area contributed by atoms with Gasteiger partial charge in [-0.1, -0.05) is 6.92 Å². The Morgan fingerprint density at radius 3 is 2.50 bits per heavy atom. The lowest BCUT2D eigenvalue weighted by Crippen LogP contribution is -2.44. The van der Waals surface area contributed by atoms with E-state index >= 15 is 0 Å². The second-order valence-corrected chi connectivity index (χ2v) is 6.28. The molecule has 0 aromatic heterocycles. The fraction of sp³-hybridized carbons (Fsp3) is 0.533. The van der Waals surface area contributed by atoms with Crippen molar-refractivity contribution in [3.63, 3.8) is 0 Å². The van der Waals surface area contributed by atoms with Gasteiger partial charge in [0.2, 0.25) is 5.78 Å². The molecule has 0 heterocycles. The van der Waals surface area contributed by atoms with Gasteiger partial charge in [0.25, 0.3) is 0 Å². The van der Waals surface area contributed by atoms with Crippen LogP contribution >= 0.6 is 15.9 Å². The van der Waals surface area contributed by atoms with Gasteiger partial charge in [-0.3, -0.25) is 4.79 Å². The number of carbonyl (C=O) groups is 1. The fourth-order valence-corrected chi connectivity index (χ4v) is 3.05. The minimum absolute atomic E-state index is 0.0812. The highest BCUT2D eigenvalue weighted by Crippen LogP contribution is 2.38. The third-order valence-corrected chi connectivity index (χ3v) is 4.77. The van der Waals surface area contributed by atoms with Crippen LogP contribution in [0.15, 0.2) is 16.6 Å². The summed E-state index contributed by atoms with van der Waals surface area (Å²) in [4.78, 5) is 12.6. The van der Waals surface area contributed by atoms with E-state index in [1.165, 1.54) is 13.2 Å². The molecule has 0 aliphatic heterocycles. The van der Waals surface area contributed by atoms with Crippen molar-refractivity contribution in [3.05, 3.63) is 33.8 Å². The van der Waals surface area contributed by atoms with E-state index in [0.29, 0.717) is 18.8 Å². The van der Waals surface area contributed by atoms with Crippen LogP contribution < -0.4 is 0 Å². The Morgan fingerprint density at radius 1 is 1.35 bits per heavy atom. The second kappa shape index (κ2) is 5.90. The first-order valence-electron chi connectivity index (χ1n) is 6.65. The molecule has 2 nitrogen and oxygen atoms in total. The Kier molecular flexibility index (Phi) is 4.59. The van der Waals surface area contributed by atoms with Crippen molar-refractivity contribution < 1.29 is 18.3 Å². The fourth-order valence-electron chi connectivity index (χ4n) is 2.72. The van der Waals surface area contributed by atoms with E-state index in [-0.39, 0.29) is 4.47 Å². The summed E-state index contributed by atoms with van der Waals surface area (Å²) < 4.78 is 33.4. The van der Waals surface area contributed by atoms with Crippen molar-refractivity contribution >= 4 is 21.7 Å². The van der Waals surface area contributed by atoms with E-state index in [1.807, 2.05) is 0 Å². The Bertz CT molecular complexity index is 523. The number of halogens is 3. The normalized spacial score (nSPS) is 26.6. The molecule has 1 aliphatic rings. The molecule has 1 aromatic rings. The lowest BCUT2D eigenvalue weighted by atomic mass is 9.75. The predicted octanol–water partition coefficient (Wildman–Crippen LogP) is 4.51. The molecule has 0 N–H and O–H groups in total. The lowest BCUT2D eigenvalue weighted by molar-refractivity contribution is -0.0268. The summed E-state index contributed by atoms with van der Waals surface area (Å²) in [6.07, 6.45) is 2.62. The van der Waals surface area contributed by atoms with E-state index in [9.17, 15) is 13.6 Å². The molecular weight excluding hydrogens is 330 g/mol. The summed E-state index contributed by atoms with van der Waals surface area (Å²) in [7, 11) is 1.43. The average molecular weight is 347 g/mol. The Morgan fingerprint density at radius 2 is 1.95 bits per heavy atom. The van der Waals surface area contributed by atoms with Crippen molar-refractivity contribution in [2.24, 2.45) is 5.92 Å². The smallest absolute Gasteiger partial charge is 0.200 e. The molecule has 2 rings (SSSR count). The van der Waals surface area contributed by atoms with E-state index in [2.05, 4.69) is 22.9 Å². The van der Waals surface area contributed by atoms with Gasteiger partial charge in [0.1, 0.15) is 11.4 Å². The highest BCUT2D eigenvalue weighted by molar-refractivity contribution is 9.10. The number of ether oxygens (including phenoxy) is 1. The molecule has 0 amide bonds. The van der Waals surface area contributed by atoms with Gasteiger partial charge in [0.05, 0.1) is 10.0 Å². The van der Waals surface area contributed by atoms with Crippen molar-refractivity contribution in [3.8, 4) is 0 Å². The molecule has 1 aromatic carbocycles. The summed E-state index contributed by atoms with van der Waals surface area (Å²) in [5.41, 5.74) is -1.61. The Balaban J connectivity index is 2.42. The SMILES string of the molecule is COC1(C(=O)c2c(F)ccc(Br)c2F)CCC(C)CC1. The summed E-state index contributed by atoms with van der Waals surface area (Å²) >= 11 is 2.99. The number of benzene rings is 1. The summed E-state index contributed by atoms with van der Waals surface area (Å²) in [5.74, 6) is -1.79. The molecule has 5 heteroatoms. The van der Waals surface area contributed by atoms with Crippen molar-refractivity contribution in [2.45, 2.75) is 38.2 Å². The number of rotatable bonds is 3. The quantitative estimate of drug-likeness (QED) is 0.594. The van der Waals surface area contributed by atoms with Crippen molar-refractivity contribution in [1.82, 2.24) is 0 Å². The van der Waals surface area contributed by atoms with Gasteiger partial charge in [-0.05, 0) is 59.7 Å².